The number of aromatic nitrogens is 1. The highest BCUT2D eigenvalue weighted by Crippen LogP contribution is 2.23. The van der Waals surface area contributed by atoms with E-state index in [9.17, 15) is 10.5 Å². The second-order valence-corrected chi connectivity index (χ2v) is 10.1. The number of benzene rings is 3. The van der Waals surface area contributed by atoms with Crippen molar-refractivity contribution in [2.75, 3.05) is 37.0 Å². The summed E-state index contributed by atoms with van der Waals surface area (Å²) in [6.07, 6.45) is 4.22. The standard InChI is InChI=1S/C33H31N5S/c1-5-38(6-2)29-17-12-24(13-18-29)14-21-30(25-15-19-28(20-16-25)37(3)4)32-31(26-10-8-7-9-11-26)36-33(39-32)27(22-34)23-35/h7-21H,5-6H2,1-4H3/b21-14+,32-30+. The summed E-state index contributed by atoms with van der Waals surface area (Å²) in [6, 6.07) is 30.9. The highest BCUT2D eigenvalue weighted by molar-refractivity contribution is 7.08. The minimum absolute atomic E-state index is 0.0155. The average Bonchev–Trinajstić information content (AvgIpc) is 3.41. The summed E-state index contributed by atoms with van der Waals surface area (Å²) in [5, 5.41) is 19.1. The summed E-state index contributed by atoms with van der Waals surface area (Å²) in [5.74, 6) is 0. The van der Waals surface area contributed by atoms with E-state index in [4.69, 9.17) is 4.98 Å². The minimum atomic E-state index is 0.0155. The molecule has 0 bridgehead atoms. The number of thiazole rings is 1. The van der Waals surface area contributed by atoms with Gasteiger partial charge in [0.05, 0.1) is 10.2 Å². The van der Waals surface area contributed by atoms with E-state index in [1.807, 2.05) is 56.6 Å². The van der Waals surface area contributed by atoms with Crippen molar-refractivity contribution in [3.63, 3.8) is 0 Å². The molecule has 0 aliphatic rings. The van der Waals surface area contributed by atoms with Crippen molar-refractivity contribution in [1.29, 1.82) is 10.5 Å². The van der Waals surface area contributed by atoms with Crippen LogP contribution in [0.15, 0.2) is 84.9 Å². The molecular formula is C33H31N5S. The number of nitrogens with zero attached hydrogens (tertiary/aromatic N) is 5. The first-order valence-electron chi connectivity index (χ1n) is 12.9. The first-order chi connectivity index (χ1) is 19.0. The number of nitriles is 2. The van der Waals surface area contributed by atoms with Crippen LogP contribution in [0.1, 0.15) is 25.0 Å². The van der Waals surface area contributed by atoms with E-state index in [-0.39, 0.29) is 5.57 Å². The van der Waals surface area contributed by atoms with Crippen LogP contribution in [0.25, 0.3) is 28.5 Å². The Morgan fingerprint density at radius 2 is 1.46 bits per heavy atom. The Morgan fingerprint density at radius 1 is 0.846 bits per heavy atom. The topological polar surface area (TPSA) is 67.0 Å². The Labute approximate surface area is 234 Å². The molecule has 0 atom stereocenters. The number of anilines is 2. The lowest BCUT2D eigenvalue weighted by Crippen LogP contribution is -2.21. The highest BCUT2D eigenvalue weighted by Gasteiger charge is 2.13. The second kappa shape index (κ2) is 12.7. The van der Waals surface area contributed by atoms with E-state index in [1.54, 1.807) is 0 Å². The molecule has 0 spiro atoms. The van der Waals surface area contributed by atoms with Crippen molar-refractivity contribution in [2.24, 2.45) is 0 Å². The van der Waals surface area contributed by atoms with Gasteiger partial charge in [0.25, 0.3) is 0 Å². The second-order valence-electron chi connectivity index (χ2n) is 9.11. The lowest BCUT2D eigenvalue weighted by atomic mass is 10.0. The van der Waals surface area contributed by atoms with E-state index in [0.29, 0.717) is 4.66 Å². The Kier molecular flexibility index (Phi) is 8.94. The zero-order valence-electron chi connectivity index (χ0n) is 22.7. The Morgan fingerprint density at radius 3 is 2.03 bits per heavy atom. The number of rotatable bonds is 8. The van der Waals surface area contributed by atoms with Gasteiger partial charge in [-0.05, 0) is 49.2 Å². The van der Waals surface area contributed by atoms with E-state index >= 15 is 0 Å². The van der Waals surface area contributed by atoms with Gasteiger partial charge >= 0.3 is 0 Å². The van der Waals surface area contributed by atoms with Gasteiger partial charge in [0.15, 0.2) is 5.57 Å². The van der Waals surface area contributed by atoms with Crippen LogP contribution in [0.5, 0.6) is 0 Å². The first-order valence-corrected chi connectivity index (χ1v) is 13.7. The first kappa shape index (κ1) is 27.4. The molecule has 4 rings (SSSR count). The van der Waals surface area contributed by atoms with Crippen molar-refractivity contribution >= 4 is 39.9 Å². The van der Waals surface area contributed by atoms with Gasteiger partial charge in [-0.15, -0.1) is 11.3 Å². The Balaban J connectivity index is 1.96. The molecule has 0 saturated carbocycles. The van der Waals surface area contributed by atoms with Gasteiger partial charge in [0.2, 0.25) is 0 Å². The molecule has 5 nitrogen and oxygen atoms in total. The summed E-state index contributed by atoms with van der Waals surface area (Å²) in [7, 11) is 4.04. The third-order valence-electron chi connectivity index (χ3n) is 6.52. The van der Waals surface area contributed by atoms with Gasteiger partial charge in [0, 0.05) is 49.7 Å². The summed E-state index contributed by atoms with van der Waals surface area (Å²) >= 11 is 1.37. The van der Waals surface area contributed by atoms with Crippen LogP contribution in [0.3, 0.4) is 0 Å². The maximum atomic E-state index is 9.57. The van der Waals surface area contributed by atoms with Crippen LogP contribution in [-0.2, 0) is 0 Å². The van der Waals surface area contributed by atoms with Crippen molar-refractivity contribution in [2.45, 2.75) is 13.8 Å². The van der Waals surface area contributed by atoms with Crippen molar-refractivity contribution in [1.82, 2.24) is 4.98 Å². The molecule has 4 aromatic rings. The average molecular weight is 530 g/mol. The Bertz CT molecular complexity index is 1630. The Hall–Kier alpha value is -4.65. The van der Waals surface area contributed by atoms with E-state index in [1.165, 1.54) is 17.0 Å². The third-order valence-corrected chi connectivity index (χ3v) is 7.62. The van der Waals surface area contributed by atoms with E-state index in [0.717, 1.165) is 51.3 Å². The fraction of sp³-hybridized carbons (Fsp3) is 0.182. The lowest BCUT2D eigenvalue weighted by molar-refractivity contribution is 0.866. The summed E-state index contributed by atoms with van der Waals surface area (Å²) in [5.41, 5.74) is 7.10. The fourth-order valence-electron chi connectivity index (χ4n) is 4.33. The molecule has 3 aromatic carbocycles. The number of hydrogen-bond donors (Lipinski definition) is 0. The maximum Gasteiger partial charge on any atom is 0.165 e. The molecule has 0 amide bonds. The maximum absolute atomic E-state index is 9.57. The van der Waals surface area contributed by atoms with Crippen LogP contribution in [-0.4, -0.2) is 32.2 Å². The van der Waals surface area contributed by atoms with Gasteiger partial charge in [-0.2, -0.15) is 10.5 Å². The predicted octanol–water partition coefficient (Wildman–Crippen LogP) is 5.83. The SMILES string of the molecule is CCN(CC)c1ccc(/C=C/C(c2ccc(N(C)C)cc2)=c2\sc(=C(C#N)C#N)nc2-c2ccccc2)cc1. The van der Waals surface area contributed by atoms with Crippen LogP contribution >= 0.6 is 11.3 Å². The van der Waals surface area contributed by atoms with Gasteiger partial charge in [0.1, 0.15) is 16.8 Å². The molecule has 0 fully saturated rings. The molecule has 0 N–H and O–H groups in total. The molecule has 0 saturated heterocycles. The summed E-state index contributed by atoms with van der Waals surface area (Å²) in [6.45, 7) is 6.25. The van der Waals surface area contributed by atoms with Gasteiger partial charge < -0.3 is 9.80 Å². The molecule has 39 heavy (non-hydrogen) atoms. The van der Waals surface area contributed by atoms with Crippen molar-refractivity contribution in [3.05, 3.63) is 105 Å². The molecular weight excluding hydrogens is 498 g/mol. The van der Waals surface area contributed by atoms with Crippen LogP contribution in [0.2, 0.25) is 0 Å². The largest absolute Gasteiger partial charge is 0.378 e. The highest BCUT2D eigenvalue weighted by atomic mass is 32.1. The lowest BCUT2D eigenvalue weighted by Gasteiger charge is -2.20. The number of allylic oxidation sites excluding steroid dienone is 1. The molecule has 0 aliphatic carbocycles. The van der Waals surface area contributed by atoms with Crippen LogP contribution in [0, 0.1) is 22.7 Å². The summed E-state index contributed by atoms with van der Waals surface area (Å²) in [4.78, 5) is 9.18. The smallest absolute Gasteiger partial charge is 0.165 e. The normalized spacial score (nSPS) is 11.5. The molecule has 1 heterocycles. The van der Waals surface area contributed by atoms with E-state index < -0.39 is 0 Å². The van der Waals surface area contributed by atoms with E-state index in [2.05, 4.69) is 84.3 Å². The van der Waals surface area contributed by atoms with Gasteiger partial charge in [-0.25, -0.2) is 4.98 Å². The molecule has 0 aliphatic heterocycles. The third kappa shape index (κ3) is 6.26. The molecule has 0 unspecified atom stereocenters. The minimum Gasteiger partial charge on any atom is -0.378 e. The molecule has 6 heteroatoms. The molecule has 0 radical (unpaired) electrons. The molecule has 194 valence electrons. The zero-order chi connectivity index (χ0) is 27.8. The monoisotopic (exact) mass is 529 g/mol. The van der Waals surface area contributed by atoms with Crippen molar-refractivity contribution in [3.8, 4) is 23.4 Å². The van der Waals surface area contributed by atoms with Gasteiger partial charge in [-0.1, -0.05) is 66.7 Å². The van der Waals surface area contributed by atoms with Crippen LogP contribution in [0.4, 0.5) is 11.4 Å². The number of hydrogen-bond acceptors (Lipinski definition) is 6. The fourth-order valence-corrected chi connectivity index (χ4v) is 5.41. The quantitative estimate of drug-likeness (QED) is 0.287. The predicted molar refractivity (Wildman–Crippen MR) is 164 cm³/mol. The van der Waals surface area contributed by atoms with Crippen molar-refractivity contribution < 1.29 is 0 Å². The zero-order valence-corrected chi connectivity index (χ0v) is 23.5. The summed E-state index contributed by atoms with van der Waals surface area (Å²) < 4.78 is 1.33. The molecule has 1 aromatic heterocycles. The van der Waals surface area contributed by atoms with Gasteiger partial charge in [-0.3, -0.25) is 0 Å². The van der Waals surface area contributed by atoms with Crippen LogP contribution < -0.4 is 19.0 Å².